The molecule has 0 nitrogen and oxygen atoms in total. The lowest BCUT2D eigenvalue weighted by Crippen LogP contribution is -2.20. The van der Waals surface area contributed by atoms with Gasteiger partial charge in [0.15, 0.2) is 0 Å². The second kappa shape index (κ2) is 4.69. The second-order valence-corrected chi connectivity index (χ2v) is 4.75. The van der Waals surface area contributed by atoms with Gasteiger partial charge in [0.05, 0.1) is 0 Å². The van der Waals surface area contributed by atoms with Crippen molar-refractivity contribution in [3.63, 3.8) is 0 Å². The molecule has 0 spiro atoms. The van der Waals surface area contributed by atoms with Crippen LogP contribution in [0, 0.1) is 11.3 Å². The van der Waals surface area contributed by atoms with Crippen molar-refractivity contribution < 1.29 is 0 Å². The maximum atomic E-state index is 3.94. The fourth-order valence-electron chi connectivity index (χ4n) is 1.33. The molecule has 0 bridgehead atoms. The molecule has 0 amide bonds. The highest BCUT2D eigenvalue weighted by Crippen LogP contribution is 2.34. The third-order valence-electron chi connectivity index (χ3n) is 3.14. The number of hydrogen-bond donors (Lipinski definition) is 0. The van der Waals surface area contributed by atoms with E-state index in [-0.39, 0.29) is 0 Å². The Morgan fingerprint density at radius 3 is 2.25 bits per heavy atom. The highest BCUT2D eigenvalue weighted by molar-refractivity contribution is 4.90. The van der Waals surface area contributed by atoms with Crippen molar-refractivity contribution >= 4 is 0 Å². The molecule has 0 fully saturated rings. The van der Waals surface area contributed by atoms with Crippen LogP contribution in [-0.2, 0) is 0 Å². The normalized spacial score (nSPS) is 14.4. The van der Waals surface area contributed by atoms with E-state index in [1.54, 1.807) is 0 Å². The molecule has 0 saturated heterocycles. The van der Waals surface area contributed by atoms with E-state index in [4.69, 9.17) is 0 Å². The molecule has 0 radical (unpaired) electrons. The van der Waals surface area contributed by atoms with Gasteiger partial charge in [0.1, 0.15) is 0 Å². The van der Waals surface area contributed by atoms with Gasteiger partial charge in [0.25, 0.3) is 0 Å². The van der Waals surface area contributed by atoms with Crippen LogP contribution >= 0.6 is 0 Å². The van der Waals surface area contributed by atoms with E-state index in [9.17, 15) is 0 Å². The van der Waals surface area contributed by atoms with Crippen molar-refractivity contribution in [3.8, 4) is 0 Å². The lowest BCUT2D eigenvalue weighted by Gasteiger charge is -2.31. The summed E-state index contributed by atoms with van der Waals surface area (Å²) >= 11 is 0. The van der Waals surface area contributed by atoms with Gasteiger partial charge in [-0.15, -0.1) is 6.58 Å². The summed E-state index contributed by atoms with van der Waals surface area (Å²) in [5, 5.41) is 0. The lowest BCUT2D eigenvalue weighted by molar-refractivity contribution is 0.206. The molecule has 0 saturated carbocycles. The molecule has 0 rings (SSSR count). The Morgan fingerprint density at radius 2 is 1.92 bits per heavy atom. The monoisotopic (exact) mass is 168 g/mol. The smallest absolute Gasteiger partial charge is 0.0321 e. The van der Waals surface area contributed by atoms with E-state index in [0.717, 1.165) is 5.92 Å². The third-order valence-corrected chi connectivity index (χ3v) is 3.14. The average molecular weight is 168 g/mol. The maximum absolute atomic E-state index is 3.94. The predicted molar refractivity (Wildman–Crippen MR) is 57.3 cm³/mol. The molecule has 0 heteroatoms. The van der Waals surface area contributed by atoms with Crippen molar-refractivity contribution in [2.75, 3.05) is 0 Å². The summed E-state index contributed by atoms with van der Waals surface area (Å²) in [6, 6.07) is 0. The Kier molecular flexibility index (Phi) is 4.59. The van der Waals surface area contributed by atoms with Crippen molar-refractivity contribution in [2.45, 2.75) is 53.9 Å². The Hall–Kier alpha value is -0.260. The van der Waals surface area contributed by atoms with E-state index < -0.39 is 0 Å². The van der Waals surface area contributed by atoms with E-state index in [2.05, 4.69) is 41.2 Å². The molecular weight excluding hydrogens is 144 g/mol. The maximum Gasteiger partial charge on any atom is -0.0321 e. The van der Waals surface area contributed by atoms with Gasteiger partial charge in [-0.05, 0) is 31.1 Å². The van der Waals surface area contributed by atoms with Crippen molar-refractivity contribution in [1.29, 1.82) is 0 Å². The summed E-state index contributed by atoms with van der Waals surface area (Å²) in [4.78, 5) is 0. The minimum absolute atomic E-state index is 0.480. The summed E-state index contributed by atoms with van der Waals surface area (Å²) in [5.41, 5.74) is 1.79. The SMILES string of the molecule is C=C(C)CCC(C)(C)C(C)CC. The van der Waals surface area contributed by atoms with Crippen LogP contribution < -0.4 is 0 Å². The number of allylic oxidation sites excluding steroid dienone is 1. The van der Waals surface area contributed by atoms with Crippen LogP contribution in [0.1, 0.15) is 53.9 Å². The second-order valence-electron chi connectivity index (χ2n) is 4.75. The van der Waals surface area contributed by atoms with Gasteiger partial charge >= 0.3 is 0 Å². The molecule has 0 aromatic rings. The van der Waals surface area contributed by atoms with Crippen LogP contribution in [0.5, 0.6) is 0 Å². The summed E-state index contributed by atoms with van der Waals surface area (Å²) < 4.78 is 0. The minimum atomic E-state index is 0.480. The van der Waals surface area contributed by atoms with E-state index in [1.165, 1.54) is 24.8 Å². The van der Waals surface area contributed by atoms with Gasteiger partial charge in [0, 0.05) is 0 Å². The summed E-state index contributed by atoms with van der Waals surface area (Å²) in [6.45, 7) is 15.4. The molecule has 0 aromatic heterocycles. The highest BCUT2D eigenvalue weighted by Gasteiger charge is 2.23. The highest BCUT2D eigenvalue weighted by atomic mass is 14.3. The van der Waals surface area contributed by atoms with Crippen LogP contribution in [0.4, 0.5) is 0 Å². The Labute approximate surface area is 78.1 Å². The average Bonchev–Trinajstić information content (AvgIpc) is 1.99. The molecule has 1 unspecified atom stereocenters. The first-order valence-electron chi connectivity index (χ1n) is 5.04. The fourth-order valence-corrected chi connectivity index (χ4v) is 1.33. The van der Waals surface area contributed by atoms with Crippen molar-refractivity contribution in [2.24, 2.45) is 11.3 Å². The quantitative estimate of drug-likeness (QED) is 0.533. The molecule has 0 N–H and O–H groups in total. The molecule has 0 aliphatic rings. The van der Waals surface area contributed by atoms with Crippen LogP contribution in [0.2, 0.25) is 0 Å². The third kappa shape index (κ3) is 3.94. The predicted octanol–water partition coefficient (Wildman–Crippen LogP) is 4.42. The fraction of sp³-hybridized carbons (Fsp3) is 0.833. The molecule has 0 aliphatic heterocycles. The number of hydrogen-bond acceptors (Lipinski definition) is 0. The summed E-state index contributed by atoms with van der Waals surface area (Å²) in [7, 11) is 0. The molecule has 1 atom stereocenters. The van der Waals surface area contributed by atoms with Crippen molar-refractivity contribution in [3.05, 3.63) is 12.2 Å². The van der Waals surface area contributed by atoms with Gasteiger partial charge < -0.3 is 0 Å². The first-order chi connectivity index (χ1) is 5.40. The molecule has 12 heavy (non-hydrogen) atoms. The summed E-state index contributed by atoms with van der Waals surface area (Å²) in [5.74, 6) is 0.817. The largest absolute Gasteiger partial charge is 0.100 e. The first-order valence-corrected chi connectivity index (χ1v) is 5.04. The van der Waals surface area contributed by atoms with Crippen LogP contribution in [0.25, 0.3) is 0 Å². The topological polar surface area (TPSA) is 0 Å². The molecule has 0 aromatic carbocycles. The molecule has 0 aliphatic carbocycles. The number of rotatable bonds is 5. The van der Waals surface area contributed by atoms with Crippen molar-refractivity contribution in [1.82, 2.24) is 0 Å². The minimum Gasteiger partial charge on any atom is -0.100 e. The first kappa shape index (κ1) is 11.7. The molecule has 0 heterocycles. The van der Waals surface area contributed by atoms with Crippen LogP contribution in [0.3, 0.4) is 0 Å². The van der Waals surface area contributed by atoms with Crippen LogP contribution in [0.15, 0.2) is 12.2 Å². The summed E-state index contributed by atoms with van der Waals surface area (Å²) in [6.07, 6.45) is 3.73. The Bertz CT molecular complexity index is 142. The van der Waals surface area contributed by atoms with Gasteiger partial charge in [-0.3, -0.25) is 0 Å². The zero-order chi connectivity index (χ0) is 9.78. The van der Waals surface area contributed by atoms with Gasteiger partial charge in [-0.1, -0.05) is 39.7 Å². The van der Waals surface area contributed by atoms with E-state index >= 15 is 0 Å². The molecule has 72 valence electrons. The van der Waals surface area contributed by atoms with E-state index in [0.29, 0.717) is 5.41 Å². The van der Waals surface area contributed by atoms with E-state index in [1.807, 2.05) is 0 Å². The molecular formula is C12H24. The standard InChI is InChI=1S/C12H24/c1-7-11(4)12(5,6)9-8-10(2)3/h11H,2,7-9H2,1,3-6H3. The Balaban J connectivity index is 3.94. The van der Waals surface area contributed by atoms with Gasteiger partial charge in [-0.25, -0.2) is 0 Å². The van der Waals surface area contributed by atoms with Crippen LogP contribution in [-0.4, -0.2) is 0 Å². The zero-order valence-corrected chi connectivity index (χ0v) is 9.41. The lowest BCUT2D eigenvalue weighted by atomic mass is 9.75. The van der Waals surface area contributed by atoms with Gasteiger partial charge in [0.2, 0.25) is 0 Å². The zero-order valence-electron chi connectivity index (χ0n) is 9.41. The Morgan fingerprint density at radius 1 is 1.42 bits per heavy atom. The van der Waals surface area contributed by atoms with Gasteiger partial charge in [-0.2, -0.15) is 0 Å².